The highest BCUT2D eigenvalue weighted by Crippen LogP contribution is 2.26. The first-order chi connectivity index (χ1) is 13.4. The molecule has 150 valence electrons. The zero-order chi connectivity index (χ0) is 20.3. The van der Waals surface area contributed by atoms with Crippen LogP contribution in [0.2, 0.25) is 5.15 Å². The number of carbonyl (C=O) groups is 2. The maximum absolute atomic E-state index is 12.7. The molecule has 1 saturated carbocycles. The van der Waals surface area contributed by atoms with E-state index in [4.69, 9.17) is 16.3 Å². The number of amides is 1. The molecule has 3 rings (SSSR count). The quantitative estimate of drug-likeness (QED) is 0.763. The second kappa shape index (κ2) is 8.78. The Labute approximate surface area is 170 Å². The van der Waals surface area contributed by atoms with Gasteiger partial charge in [-0.3, -0.25) is 4.79 Å². The van der Waals surface area contributed by atoms with E-state index < -0.39 is 12.1 Å². The smallest absolute Gasteiger partial charge is 0.344 e. The number of esters is 1. The summed E-state index contributed by atoms with van der Waals surface area (Å²) < 4.78 is 6.89. The average molecular weight is 404 g/mol. The van der Waals surface area contributed by atoms with Gasteiger partial charge in [-0.15, -0.1) is 0 Å². The lowest BCUT2D eigenvalue weighted by atomic mass is 9.86. The van der Waals surface area contributed by atoms with E-state index in [9.17, 15) is 9.59 Å². The Kier molecular flexibility index (Phi) is 6.39. The lowest BCUT2D eigenvalue weighted by Gasteiger charge is -2.30. The van der Waals surface area contributed by atoms with Crippen LogP contribution in [0.3, 0.4) is 0 Å². The van der Waals surface area contributed by atoms with Crippen LogP contribution in [0, 0.1) is 12.8 Å². The molecule has 0 saturated heterocycles. The van der Waals surface area contributed by atoms with Crippen LogP contribution in [0.5, 0.6) is 0 Å². The first-order valence-corrected chi connectivity index (χ1v) is 10.1. The number of halogens is 1. The standard InChI is InChI=1S/C21H26ClN3O3/c1-13-9-7-8-12-17(13)23-20(26)15(3)28-21(27)18-14(2)24-25(19(18)22)16-10-5-4-6-11-16/h4-6,10-11,13,15,17H,7-9,12H2,1-3H3,(H,23,26)/t13-,15-,17-/m0/s1. The number of hydrogen-bond acceptors (Lipinski definition) is 4. The highest BCUT2D eigenvalue weighted by molar-refractivity contribution is 6.33. The van der Waals surface area contributed by atoms with E-state index in [2.05, 4.69) is 17.3 Å². The number of ether oxygens (including phenoxy) is 1. The van der Waals surface area contributed by atoms with Crippen LogP contribution in [0.25, 0.3) is 5.69 Å². The molecule has 0 unspecified atom stereocenters. The topological polar surface area (TPSA) is 73.2 Å². The highest BCUT2D eigenvalue weighted by Gasteiger charge is 2.29. The van der Waals surface area contributed by atoms with Crippen molar-refractivity contribution in [2.24, 2.45) is 5.92 Å². The fraction of sp³-hybridized carbons (Fsp3) is 0.476. The summed E-state index contributed by atoms with van der Waals surface area (Å²) in [6.45, 7) is 5.41. The summed E-state index contributed by atoms with van der Waals surface area (Å²) in [5.74, 6) is -0.498. The number of aryl methyl sites for hydroxylation is 1. The van der Waals surface area contributed by atoms with Gasteiger partial charge in [0, 0.05) is 6.04 Å². The van der Waals surface area contributed by atoms with Crippen molar-refractivity contribution >= 4 is 23.5 Å². The lowest BCUT2D eigenvalue weighted by molar-refractivity contribution is -0.130. The summed E-state index contributed by atoms with van der Waals surface area (Å²) in [7, 11) is 0. The molecule has 0 spiro atoms. The molecule has 1 heterocycles. The van der Waals surface area contributed by atoms with E-state index in [-0.39, 0.29) is 22.7 Å². The molecule has 0 bridgehead atoms. The van der Waals surface area contributed by atoms with Crippen LogP contribution in [-0.4, -0.2) is 33.8 Å². The molecule has 2 aromatic rings. The molecular formula is C21H26ClN3O3. The fourth-order valence-corrected chi connectivity index (χ4v) is 3.92. The summed E-state index contributed by atoms with van der Waals surface area (Å²) >= 11 is 6.40. The Morgan fingerprint density at radius 3 is 2.61 bits per heavy atom. The van der Waals surface area contributed by atoms with Crippen LogP contribution in [-0.2, 0) is 9.53 Å². The number of aromatic nitrogens is 2. The lowest BCUT2D eigenvalue weighted by Crippen LogP contribution is -2.46. The van der Waals surface area contributed by atoms with Crippen molar-refractivity contribution in [1.29, 1.82) is 0 Å². The Morgan fingerprint density at radius 2 is 1.93 bits per heavy atom. The zero-order valence-corrected chi connectivity index (χ0v) is 17.2. The summed E-state index contributed by atoms with van der Waals surface area (Å²) in [6.07, 6.45) is 3.46. The van der Waals surface area contributed by atoms with Gasteiger partial charge in [-0.2, -0.15) is 5.10 Å². The molecule has 7 heteroatoms. The Hall–Kier alpha value is -2.34. The minimum atomic E-state index is -0.905. The molecule has 0 radical (unpaired) electrons. The van der Waals surface area contributed by atoms with E-state index in [1.54, 1.807) is 13.8 Å². The van der Waals surface area contributed by atoms with Crippen molar-refractivity contribution in [1.82, 2.24) is 15.1 Å². The Bertz CT molecular complexity index is 850. The zero-order valence-electron chi connectivity index (χ0n) is 16.4. The van der Waals surface area contributed by atoms with Gasteiger partial charge in [0.2, 0.25) is 0 Å². The summed E-state index contributed by atoms with van der Waals surface area (Å²) in [6, 6.07) is 9.42. The summed E-state index contributed by atoms with van der Waals surface area (Å²) in [5, 5.41) is 7.52. The Balaban J connectivity index is 1.69. The molecule has 1 aromatic carbocycles. The van der Waals surface area contributed by atoms with Crippen LogP contribution < -0.4 is 5.32 Å². The number of nitrogens with one attached hydrogen (secondary N) is 1. The van der Waals surface area contributed by atoms with Gasteiger partial charge < -0.3 is 10.1 Å². The van der Waals surface area contributed by atoms with Gasteiger partial charge in [0.05, 0.1) is 11.4 Å². The molecule has 1 amide bonds. The number of carbonyl (C=O) groups excluding carboxylic acids is 2. The number of rotatable bonds is 5. The first-order valence-electron chi connectivity index (χ1n) is 9.70. The van der Waals surface area contributed by atoms with Gasteiger partial charge in [-0.05, 0) is 44.7 Å². The van der Waals surface area contributed by atoms with Gasteiger partial charge in [0.25, 0.3) is 5.91 Å². The van der Waals surface area contributed by atoms with Crippen molar-refractivity contribution in [2.75, 3.05) is 0 Å². The van der Waals surface area contributed by atoms with E-state index in [0.717, 1.165) is 24.9 Å². The predicted octanol–water partition coefficient (Wildman–Crippen LogP) is 4.07. The molecule has 0 aliphatic heterocycles. The summed E-state index contributed by atoms with van der Waals surface area (Å²) in [4.78, 5) is 25.1. The molecule has 1 aromatic heterocycles. The summed E-state index contributed by atoms with van der Waals surface area (Å²) in [5.41, 5.74) is 1.37. The molecule has 1 aliphatic rings. The average Bonchev–Trinajstić information content (AvgIpc) is 2.98. The third-order valence-electron chi connectivity index (χ3n) is 5.30. The predicted molar refractivity (Wildman–Crippen MR) is 108 cm³/mol. The van der Waals surface area contributed by atoms with Gasteiger partial charge >= 0.3 is 5.97 Å². The molecule has 1 aliphatic carbocycles. The fourth-order valence-electron chi connectivity index (χ4n) is 3.58. The van der Waals surface area contributed by atoms with E-state index in [1.165, 1.54) is 11.1 Å². The molecule has 1 N–H and O–H groups in total. The maximum atomic E-state index is 12.7. The van der Waals surface area contributed by atoms with Crippen molar-refractivity contribution in [2.45, 2.75) is 58.6 Å². The van der Waals surface area contributed by atoms with Gasteiger partial charge in [-0.1, -0.05) is 49.6 Å². The van der Waals surface area contributed by atoms with E-state index >= 15 is 0 Å². The van der Waals surface area contributed by atoms with Crippen molar-refractivity contribution < 1.29 is 14.3 Å². The van der Waals surface area contributed by atoms with Crippen LogP contribution >= 0.6 is 11.6 Å². The largest absolute Gasteiger partial charge is 0.449 e. The molecule has 1 fully saturated rings. The van der Waals surface area contributed by atoms with Crippen molar-refractivity contribution in [3.05, 3.63) is 46.7 Å². The minimum Gasteiger partial charge on any atom is -0.449 e. The van der Waals surface area contributed by atoms with Crippen LogP contribution in [0.15, 0.2) is 30.3 Å². The monoisotopic (exact) mass is 403 g/mol. The van der Waals surface area contributed by atoms with Gasteiger partial charge in [0.1, 0.15) is 10.7 Å². The Morgan fingerprint density at radius 1 is 1.25 bits per heavy atom. The van der Waals surface area contributed by atoms with Crippen LogP contribution in [0.4, 0.5) is 0 Å². The van der Waals surface area contributed by atoms with Crippen molar-refractivity contribution in [3.8, 4) is 5.69 Å². The SMILES string of the molecule is Cc1nn(-c2ccccc2)c(Cl)c1C(=O)O[C@@H](C)C(=O)N[C@H]1CCCC[C@@H]1C. The number of hydrogen-bond donors (Lipinski definition) is 1. The van der Waals surface area contributed by atoms with Crippen molar-refractivity contribution in [3.63, 3.8) is 0 Å². The van der Waals surface area contributed by atoms with Gasteiger partial charge in [-0.25, -0.2) is 9.48 Å². The minimum absolute atomic E-state index is 0.133. The van der Waals surface area contributed by atoms with Gasteiger partial charge in [0.15, 0.2) is 6.10 Å². The second-order valence-corrected chi connectivity index (χ2v) is 7.78. The van der Waals surface area contributed by atoms with Crippen LogP contribution in [0.1, 0.15) is 55.6 Å². The number of nitrogens with zero attached hydrogens (tertiary/aromatic N) is 2. The third kappa shape index (κ3) is 4.38. The molecule has 28 heavy (non-hydrogen) atoms. The highest BCUT2D eigenvalue weighted by atomic mass is 35.5. The van der Waals surface area contributed by atoms with E-state index in [1.807, 2.05) is 30.3 Å². The first kappa shape index (κ1) is 20.4. The second-order valence-electron chi connectivity index (χ2n) is 7.42. The molecule has 3 atom stereocenters. The third-order valence-corrected chi connectivity index (χ3v) is 5.65. The molecule has 6 nitrogen and oxygen atoms in total. The number of benzene rings is 1. The number of para-hydroxylation sites is 1. The normalized spacial score (nSPS) is 20.4. The van der Waals surface area contributed by atoms with E-state index in [0.29, 0.717) is 11.6 Å². The molecular weight excluding hydrogens is 378 g/mol. The maximum Gasteiger partial charge on any atom is 0.344 e.